The SMILES string of the molecule is c1ccc(N(c2ccccc2)c2ccc3c(c2)c2ccccc2n3-c2ccc(-c3nc4nc5nc(-c6ccc(-n7c8ccccc8c8cc(N(c9ccccc9)c9ccccc9)ccc87)cc6)oc5cc4o3)cc2)cc1. The van der Waals surface area contributed by atoms with Crippen LogP contribution in [0.15, 0.2) is 270 Å². The largest absolute Gasteiger partial charge is 0.434 e. The summed E-state index contributed by atoms with van der Waals surface area (Å²) in [7, 11) is 0. The smallest absolute Gasteiger partial charge is 0.228 e. The highest BCUT2D eigenvalue weighted by Gasteiger charge is 2.21. The van der Waals surface area contributed by atoms with E-state index in [0.717, 1.165) is 78.7 Å². The summed E-state index contributed by atoms with van der Waals surface area (Å²) in [6.45, 7) is 0. The molecule has 0 bridgehead atoms. The Hall–Kier alpha value is -10.5. The molecule has 0 aliphatic carbocycles. The molecule has 9 heteroatoms. The number of oxazole rings is 2. The van der Waals surface area contributed by atoms with Crippen LogP contribution in [-0.2, 0) is 0 Å². The second-order valence-corrected chi connectivity index (χ2v) is 18.9. The van der Waals surface area contributed by atoms with Crippen LogP contribution in [0.25, 0.3) is 100 Å². The van der Waals surface area contributed by atoms with Gasteiger partial charge >= 0.3 is 0 Å². The molecule has 0 saturated carbocycles. The summed E-state index contributed by atoms with van der Waals surface area (Å²) >= 11 is 0. The summed E-state index contributed by atoms with van der Waals surface area (Å²) in [5.41, 5.74) is 16.7. The van der Waals surface area contributed by atoms with Gasteiger partial charge in [0.2, 0.25) is 23.1 Å². The highest BCUT2D eigenvalue weighted by atomic mass is 16.4. The molecule has 358 valence electrons. The van der Waals surface area contributed by atoms with Crippen molar-refractivity contribution in [2.24, 2.45) is 0 Å². The highest BCUT2D eigenvalue weighted by Crippen LogP contribution is 2.42. The second kappa shape index (κ2) is 17.6. The van der Waals surface area contributed by atoms with Crippen molar-refractivity contribution < 1.29 is 8.83 Å². The monoisotopic (exact) mass is 977 g/mol. The lowest BCUT2D eigenvalue weighted by atomic mass is 10.1. The Labute approximate surface area is 436 Å². The van der Waals surface area contributed by atoms with Crippen LogP contribution in [0.1, 0.15) is 0 Å². The molecule has 0 aliphatic rings. The summed E-state index contributed by atoms with van der Waals surface area (Å²) in [5, 5.41) is 4.69. The number of hydrogen-bond donors (Lipinski definition) is 0. The van der Waals surface area contributed by atoms with Crippen LogP contribution in [0, 0.1) is 0 Å². The molecule has 0 fully saturated rings. The fourth-order valence-electron chi connectivity index (χ4n) is 10.9. The Morgan fingerprint density at radius 1 is 0.276 bits per heavy atom. The Balaban J connectivity index is 0.718. The number of aromatic nitrogens is 5. The van der Waals surface area contributed by atoms with Crippen LogP contribution in [-0.4, -0.2) is 24.1 Å². The van der Waals surface area contributed by atoms with Crippen molar-refractivity contribution in [3.8, 4) is 34.3 Å². The van der Waals surface area contributed by atoms with Gasteiger partial charge in [0.25, 0.3) is 0 Å². The van der Waals surface area contributed by atoms with Gasteiger partial charge in [0.15, 0.2) is 11.2 Å². The number of para-hydroxylation sites is 6. The van der Waals surface area contributed by atoms with Crippen molar-refractivity contribution in [3.63, 3.8) is 0 Å². The van der Waals surface area contributed by atoms with E-state index in [4.69, 9.17) is 23.8 Å². The van der Waals surface area contributed by atoms with Gasteiger partial charge in [0.1, 0.15) is 0 Å². The van der Waals surface area contributed by atoms with Gasteiger partial charge in [-0.25, -0.2) is 4.98 Å². The van der Waals surface area contributed by atoms with Gasteiger partial charge in [-0.2, -0.15) is 9.97 Å². The van der Waals surface area contributed by atoms with Gasteiger partial charge in [0.05, 0.1) is 22.1 Å². The van der Waals surface area contributed by atoms with Crippen LogP contribution in [0.4, 0.5) is 34.1 Å². The lowest BCUT2D eigenvalue weighted by molar-refractivity contribution is 0.609. The Morgan fingerprint density at radius 2 is 0.618 bits per heavy atom. The summed E-state index contributed by atoms with van der Waals surface area (Å²) in [6.07, 6.45) is 0. The van der Waals surface area contributed by atoms with Gasteiger partial charge in [-0.15, -0.1) is 0 Å². The first-order chi connectivity index (χ1) is 37.7. The normalized spacial score (nSPS) is 11.7. The van der Waals surface area contributed by atoms with E-state index in [0.29, 0.717) is 34.2 Å². The second-order valence-electron chi connectivity index (χ2n) is 18.9. The minimum atomic E-state index is 0.463. The maximum Gasteiger partial charge on any atom is 0.228 e. The number of benzene rings is 10. The van der Waals surface area contributed by atoms with Crippen molar-refractivity contribution in [2.75, 3.05) is 9.80 Å². The molecule has 76 heavy (non-hydrogen) atoms. The third-order valence-electron chi connectivity index (χ3n) is 14.4. The molecular weight excluding hydrogens is 935 g/mol. The number of rotatable bonds is 10. The molecule has 9 nitrogen and oxygen atoms in total. The summed E-state index contributed by atoms with van der Waals surface area (Å²) in [4.78, 5) is 19.1. The molecular formula is C67H43N7O2. The Kier molecular flexibility index (Phi) is 9.99. The molecule has 0 N–H and O–H groups in total. The zero-order valence-corrected chi connectivity index (χ0v) is 40.8. The van der Waals surface area contributed by atoms with E-state index in [1.807, 2.05) is 30.3 Å². The molecule has 10 aromatic carbocycles. The van der Waals surface area contributed by atoms with Crippen molar-refractivity contribution in [1.82, 2.24) is 24.1 Å². The molecule has 0 saturated heterocycles. The summed E-state index contributed by atoms with van der Waals surface area (Å²) < 4.78 is 17.4. The van der Waals surface area contributed by atoms with Crippen molar-refractivity contribution in [3.05, 3.63) is 261 Å². The van der Waals surface area contributed by atoms with E-state index in [1.165, 1.54) is 21.5 Å². The molecule has 5 heterocycles. The first-order valence-corrected chi connectivity index (χ1v) is 25.3. The van der Waals surface area contributed by atoms with Crippen LogP contribution < -0.4 is 9.80 Å². The quantitative estimate of drug-likeness (QED) is 0.135. The standard InChI is InChI=1S/C67H43N7O2/c1-5-17-46(18-6-1)71(47-19-7-2-8-20-47)52-37-39-60-56(41-52)54-25-13-15-27-58(54)73(60)50-33-29-44(30-34-50)66-69-64-62(75-66)43-63-65(68-64)70-67(76-63)45-31-35-51(36-32-45)74-59-28-16-14-26-55(59)57-42-53(38-40-61(57)74)72(48-21-9-3-10-22-48)49-23-11-4-12-24-49/h1-43H. The molecule has 15 aromatic rings. The molecule has 0 spiro atoms. The molecule has 0 amide bonds. The summed E-state index contributed by atoms with van der Waals surface area (Å²) in [5.74, 6) is 0.939. The third-order valence-corrected chi connectivity index (χ3v) is 14.4. The van der Waals surface area contributed by atoms with Gasteiger partial charge in [0, 0.05) is 84.2 Å². The lowest BCUT2D eigenvalue weighted by Crippen LogP contribution is -2.09. The molecule has 0 unspecified atom stereocenters. The van der Waals surface area contributed by atoms with Crippen LogP contribution in [0.3, 0.4) is 0 Å². The number of nitrogens with zero attached hydrogens (tertiary/aromatic N) is 7. The predicted molar refractivity (Wildman–Crippen MR) is 308 cm³/mol. The minimum Gasteiger partial charge on any atom is -0.434 e. The molecule has 0 atom stereocenters. The molecule has 5 aromatic heterocycles. The van der Waals surface area contributed by atoms with Crippen LogP contribution in [0.5, 0.6) is 0 Å². The Morgan fingerprint density at radius 3 is 1.00 bits per heavy atom. The average molecular weight is 978 g/mol. The van der Waals surface area contributed by atoms with E-state index in [-0.39, 0.29) is 0 Å². The topological polar surface area (TPSA) is 81.3 Å². The maximum atomic E-state index is 6.37. The van der Waals surface area contributed by atoms with E-state index >= 15 is 0 Å². The van der Waals surface area contributed by atoms with E-state index < -0.39 is 0 Å². The number of hydrogen-bond acceptors (Lipinski definition) is 7. The molecule has 0 radical (unpaired) electrons. The number of anilines is 6. The van der Waals surface area contributed by atoms with Crippen LogP contribution >= 0.6 is 0 Å². The minimum absolute atomic E-state index is 0.463. The maximum absolute atomic E-state index is 6.37. The van der Waals surface area contributed by atoms with Gasteiger partial charge < -0.3 is 27.8 Å². The number of pyridine rings is 1. The van der Waals surface area contributed by atoms with E-state index in [9.17, 15) is 0 Å². The van der Waals surface area contributed by atoms with Crippen molar-refractivity contribution in [2.45, 2.75) is 0 Å². The zero-order chi connectivity index (χ0) is 50.1. The Bertz CT molecular complexity index is 4200. The molecule has 0 aliphatic heterocycles. The van der Waals surface area contributed by atoms with Crippen molar-refractivity contribution in [1.29, 1.82) is 0 Å². The average Bonchev–Trinajstić information content (AvgIpc) is 4.32. The predicted octanol–water partition coefficient (Wildman–Crippen LogP) is 17.8. The van der Waals surface area contributed by atoms with E-state index in [2.05, 4.69) is 249 Å². The van der Waals surface area contributed by atoms with Crippen molar-refractivity contribution >= 4 is 100 Å². The lowest BCUT2D eigenvalue weighted by Gasteiger charge is -2.25. The zero-order valence-electron chi connectivity index (χ0n) is 40.8. The fraction of sp³-hybridized carbons (Fsp3) is 0. The van der Waals surface area contributed by atoms with Gasteiger partial charge in [-0.1, -0.05) is 109 Å². The number of fused-ring (bicyclic) bond motifs is 8. The van der Waals surface area contributed by atoms with Crippen LogP contribution in [0.2, 0.25) is 0 Å². The first kappa shape index (κ1) is 43.1. The third kappa shape index (κ3) is 7.21. The first-order valence-electron chi connectivity index (χ1n) is 25.3. The van der Waals surface area contributed by atoms with Gasteiger partial charge in [-0.05, 0) is 146 Å². The van der Waals surface area contributed by atoms with Gasteiger partial charge in [-0.3, -0.25) is 0 Å². The van der Waals surface area contributed by atoms with E-state index in [1.54, 1.807) is 0 Å². The highest BCUT2D eigenvalue weighted by molar-refractivity contribution is 6.12. The molecule has 15 rings (SSSR count). The fourth-order valence-corrected chi connectivity index (χ4v) is 10.9. The summed E-state index contributed by atoms with van der Waals surface area (Å²) in [6, 6.07) is 91.2.